The number of nitrogens with one attached hydrogen (secondary N) is 2. The van der Waals surface area contributed by atoms with E-state index in [1.807, 2.05) is 56.3 Å². The fourth-order valence-electron chi connectivity index (χ4n) is 4.54. The van der Waals surface area contributed by atoms with Crippen molar-refractivity contribution in [1.29, 1.82) is 0 Å². The molecule has 2 aliphatic heterocycles. The molecule has 2 heterocycles. The molecule has 7 heteroatoms. The monoisotopic (exact) mass is 471 g/mol. The molecule has 0 spiro atoms. The van der Waals surface area contributed by atoms with Crippen LogP contribution in [0.5, 0.6) is 0 Å². The zero-order valence-electron chi connectivity index (χ0n) is 20.0. The fourth-order valence-corrected chi connectivity index (χ4v) is 4.54. The molecule has 7 nitrogen and oxygen atoms in total. The number of amides is 3. The first-order chi connectivity index (χ1) is 16.7. The lowest BCUT2D eigenvalue weighted by molar-refractivity contribution is -0.146. The molecule has 2 aliphatic rings. The van der Waals surface area contributed by atoms with Gasteiger partial charge in [-0.1, -0.05) is 55.5 Å². The highest BCUT2D eigenvalue weighted by Crippen LogP contribution is 2.27. The van der Waals surface area contributed by atoms with Crippen molar-refractivity contribution in [3.05, 3.63) is 89.3 Å². The number of imide groups is 1. The number of hydrogen-bond acceptors (Lipinski definition) is 5. The summed E-state index contributed by atoms with van der Waals surface area (Å²) in [6, 6.07) is 14.6. The molecule has 1 saturated heterocycles. The SMILES string of the molecule is C=C1CCC(N2C(=O)C=C(Nc3cccc(C(C)CC(=O)Cc4cccc(C)c4)c3)C2=O)C(=O)N1. The van der Waals surface area contributed by atoms with Crippen molar-refractivity contribution in [3.8, 4) is 0 Å². The van der Waals surface area contributed by atoms with Gasteiger partial charge in [0.15, 0.2) is 0 Å². The van der Waals surface area contributed by atoms with Gasteiger partial charge in [-0.2, -0.15) is 0 Å². The van der Waals surface area contributed by atoms with Gasteiger partial charge in [0.1, 0.15) is 17.5 Å². The number of piperidine rings is 1. The second-order valence-corrected chi connectivity index (χ2v) is 9.28. The summed E-state index contributed by atoms with van der Waals surface area (Å²) in [4.78, 5) is 51.4. The third-order valence-electron chi connectivity index (χ3n) is 6.34. The first-order valence-corrected chi connectivity index (χ1v) is 11.7. The molecule has 2 atom stereocenters. The van der Waals surface area contributed by atoms with Crippen LogP contribution in [0.2, 0.25) is 0 Å². The Bertz CT molecular complexity index is 1250. The zero-order chi connectivity index (χ0) is 25.1. The number of hydrogen-bond donors (Lipinski definition) is 2. The van der Waals surface area contributed by atoms with Crippen LogP contribution in [0.1, 0.15) is 48.8 Å². The summed E-state index contributed by atoms with van der Waals surface area (Å²) in [6.45, 7) is 7.73. The first-order valence-electron chi connectivity index (χ1n) is 11.7. The molecule has 0 radical (unpaired) electrons. The summed E-state index contributed by atoms with van der Waals surface area (Å²) in [5, 5.41) is 5.64. The van der Waals surface area contributed by atoms with E-state index in [1.54, 1.807) is 6.07 Å². The number of allylic oxidation sites excluding steroid dienone is 1. The van der Waals surface area contributed by atoms with Crippen LogP contribution in [0.25, 0.3) is 0 Å². The molecule has 1 fully saturated rings. The molecule has 0 aromatic heterocycles. The van der Waals surface area contributed by atoms with Crippen molar-refractivity contribution < 1.29 is 19.2 Å². The lowest BCUT2D eigenvalue weighted by Crippen LogP contribution is -2.52. The smallest absolute Gasteiger partial charge is 0.278 e. The van der Waals surface area contributed by atoms with Crippen LogP contribution in [0.15, 0.2) is 72.6 Å². The van der Waals surface area contributed by atoms with Gasteiger partial charge in [0, 0.05) is 30.3 Å². The lowest BCUT2D eigenvalue weighted by atomic mass is 9.93. The number of carbonyl (C=O) groups excluding carboxylic acids is 4. The Morgan fingerprint density at radius 1 is 1.17 bits per heavy atom. The summed E-state index contributed by atoms with van der Waals surface area (Å²) in [6.07, 6.45) is 2.88. The van der Waals surface area contributed by atoms with Gasteiger partial charge in [0.05, 0.1) is 0 Å². The number of aryl methyl sites for hydroxylation is 1. The summed E-state index contributed by atoms with van der Waals surface area (Å²) in [7, 11) is 0. The highest BCUT2D eigenvalue weighted by Gasteiger charge is 2.41. The van der Waals surface area contributed by atoms with Crippen molar-refractivity contribution in [1.82, 2.24) is 10.2 Å². The number of rotatable bonds is 8. The molecule has 2 N–H and O–H groups in total. The Kier molecular flexibility index (Phi) is 6.96. The molecular formula is C28H29N3O4. The molecule has 0 saturated carbocycles. The van der Waals surface area contributed by atoms with Gasteiger partial charge in [-0.05, 0) is 48.9 Å². The van der Waals surface area contributed by atoms with Crippen molar-refractivity contribution in [3.63, 3.8) is 0 Å². The minimum absolute atomic E-state index is 0.0144. The highest BCUT2D eigenvalue weighted by molar-refractivity contribution is 6.19. The molecule has 3 amide bonds. The molecule has 2 aromatic rings. The molecule has 35 heavy (non-hydrogen) atoms. The Morgan fingerprint density at radius 3 is 2.69 bits per heavy atom. The summed E-state index contributed by atoms with van der Waals surface area (Å²) in [5.74, 6) is -1.31. The second-order valence-electron chi connectivity index (χ2n) is 9.28. The molecule has 4 rings (SSSR count). The topological polar surface area (TPSA) is 95.6 Å². The van der Waals surface area contributed by atoms with Crippen molar-refractivity contribution >= 4 is 29.2 Å². The number of benzene rings is 2. The minimum Gasteiger partial charge on any atom is -0.351 e. The molecule has 0 aliphatic carbocycles. The minimum atomic E-state index is -0.846. The maximum Gasteiger partial charge on any atom is 0.278 e. The van der Waals surface area contributed by atoms with Crippen LogP contribution in [0.3, 0.4) is 0 Å². The second kappa shape index (κ2) is 10.1. The lowest BCUT2D eigenvalue weighted by Gasteiger charge is -2.29. The molecule has 2 aromatic carbocycles. The standard InChI is InChI=1S/C28H29N3O4/c1-17-6-4-7-20(12-17)14-23(32)13-18(2)21-8-5-9-22(15-21)30-24-16-26(33)31(28(24)35)25-11-10-19(3)29-27(25)34/h4-9,12,15-16,18,25,30H,3,10-11,13-14H2,1-2H3,(H,29,34). The van der Waals surface area contributed by atoms with Gasteiger partial charge >= 0.3 is 0 Å². The van der Waals surface area contributed by atoms with E-state index in [1.165, 1.54) is 6.08 Å². The van der Waals surface area contributed by atoms with Crippen molar-refractivity contribution in [2.24, 2.45) is 0 Å². The third-order valence-corrected chi connectivity index (χ3v) is 6.34. The predicted octanol–water partition coefficient (Wildman–Crippen LogP) is 3.76. The van der Waals surface area contributed by atoms with Crippen LogP contribution in [0, 0.1) is 6.92 Å². The van der Waals surface area contributed by atoms with Crippen LogP contribution in [-0.4, -0.2) is 34.4 Å². The average molecular weight is 472 g/mol. The molecule has 0 bridgehead atoms. The number of anilines is 1. The van der Waals surface area contributed by atoms with Gasteiger partial charge in [-0.25, -0.2) is 0 Å². The molecule has 2 unspecified atom stereocenters. The number of Topliss-reactive ketones (excluding diaryl/α,β-unsaturated/α-hetero) is 1. The number of nitrogens with zero attached hydrogens (tertiary/aromatic N) is 1. The van der Waals surface area contributed by atoms with Crippen molar-refractivity contribution in [2.45, 2.75) is 51.5 Å². The van der Waals surface area contributed by atoms with E-state index >= 15 is 0 Å². The quantitative estimate of drug-likeness (QED) is 0.572. The predicted molar refractivity (Wildman–Crippen MR) is 133 cm³/mol. The zero-order valence-corrected chi connectivity index (χ0v) is 20.0. The fraction of sp³-hybridized carbons (Fsp3) is 0.286. The van der Waals surface area contributed by atoms with E-state index in [9.17, 15) is 19.2 Å². The van der Waals surface area contributed by atoms with Gasteiger partial charge in [-0.15, -0.1) is 0 Å². The Labute approximate surface area is 204 Å². The average Bonchev–Trinajstić information content (AvgIpc) is 3.07. The van der Waals surface area contributed by atoms with E-state index in [2.05, 4.69) is 17.2 Å². The molecular weight excluding hydrogens is 442 g/mol. The van der Waals surface area contributed by atoms with Gasteiger partial charge in [0.2, 0.25) is 5.91 Å². The Morgan fingerprint density at radius 2 is 1.94 bits per heavy atom. The van der Waals surface area contributed by atoms with E-state index < -0.39 is 23.8 Å². The third kappa shape index (κ3) is 5.57. The number of carbonyl (C=O) groups is 4. The van der Waals surface area contributed by atoms with E-state index in [4.69, 9.17) is 0 Å². The van der Waals surface area contributed by atoms with Crippen molar-refractivity contribution in [2.75, 3.05) is 5.32 Å². The summed E-state index contributed by atoms with van der Waals surface area (Å²) < 4.78 is 0. The maximum absolute atomic E-state index is 12.9. The number of ketones is 1. The largest absolute Gasteiger partial charge is 0.351 e. The van der Waals surface area contributed by atoms with Gasteiger partial charge in [0.25, 0.3) is 11.8 Å². The normalized spacial score (nSPS) is 18.9. The first kappa shape index (κ1) is 24.1. The van der Waals surface area contributed by atoms with Crippen LogP contribution < -0.4 is 10.6 Å². The van der Waals surface area contributed by atoms with Gasteiger partial charge < -0.3 is 10.6 Å². The Hall–Kier alpha value is -4.00. The molecule has 180 valence electrons. The van der Waals surface area contributed by atoms with Crippen LogP contribution in [-0.2, 0) is 25.6 Å². The van der Waals surface area contributed by atoms with E-state index in [0.717, 1.165) is 21.6 Å². The maximum atomic E-state index is 12.9. The van der Waals surface area contributed by atoms with Gasteiger partial charge in [-0.3, -0.25) is 24.1 Å². The van der Waals surface area contributed by atoms with Crippen LogP contribution >= 0.6 is 0 Å². The van der Waals surface area contributed by atoms with E-state index in [0.29, 0.717) is 37.1 Å². The van der Waals surface area contributed by atoms with E-state index in [-0.39, 0.29) is 17.4 Å². The summed E-state index contributed by atoms with van der Waals surface area (Å²) in [5.41, 5.74) is 4.43. The highest BCUT2D eigenvalue weighted by atomic mass is 16.2. The summed E-state index contributed by atoms with van der Waals surface area (Å²) >= 11 is 0. The Balaban J connectivity index is 1.40. The van der Waals surface area contributed by atoms with Crippen LogP contribution in [0.4, 0.5) is 5.69 Å².